The van der Waals surface area contributed by atoms with Gasteiger partial charge in [0, 0.05) is 5.38 Å². The third-order valence-corrected chi connectivity index (χ3v) is 4.19. The Balaban J connectivity index is 2.25. The normalized spacial score (nSPS) is 10.6. The van der Waals surface area contributed by atoms with Crippen molar-refractivity contribution in [3.05, 3.63) is 11.1 Å². The molecule has 0 aromatic carbocycles. The lowest BCUT2D eigenvalue weighted by atomic mass is 10.1. The molecule has 3 nitrogen and oxygen atoms in total. The second kappa shape index (κ2) is 7.68. The zero-order chi connectivity index (χ0) is 11.8. The van der Waals surface area contributed by atoms with Gasteiger partial charge in [-0.05, 0) is 12.8 Å². The average Bonchev–Trinajstić information content (AvgIpc) is 2.70. The van der Waals surface area contributed by atoms with Crippen LogP contribution in [0.2, 0.25) is 0 Å². The number of nitrogens with zero attached hydrogens (tertiary/aromatic N) is 1. The fourth-order valence-corrected chi connectivity index (χ4v) is 2.93. The van der Waals surface area contributed by atoms with Gasteiger partial charge in [0.05, 0.1) is 11.4 Å². The summed E-state index contributed by atoms with van der Waals surface area (Å²) in [6, 6.07) is 0. The highest BCUT2D eigenvalue weighted by molar-refractivity contribution is 8.01. The van der Waals surface area contributed by atoms with E-state index in [0.717, 1.165) is 16.5 Å². The lowest BCUT2D eigenvalue weighted by molar-refractivity contribution is -0.133. The molecule has 90 valence electrons. The van der Waals surface area contributed by atoms with Crippen LogP contribution in [0.4, 0.5) is 0 Å². The van der Waals surface area contributed by atoms with Gasteiger partial charge in [-0.1, -0.05) is 37.9 Å². The number of aryl methyl sites for hydroxylation is 1. The number of aromatic nitrogens is 1. The summed E-state index contributed by atoms with van der Waals surface area (Å²) in [6.45, 7) is 2.20. The molecule has 1 heterocycles. The standard InChI is InChI=1S/C11H17NO2S2/c1-2-3-4-5-6-9-7-15-11(12-9)16-8-10(13)14/h7H,2-6,8H2,1H3,(H,13,14). The zero-order valence-corrected chi connectivity index (χ0v) is 11.1. The van der Waals surface area contributed by atoms with Crippen LogP contribution < -0.4 is 0 Å². The minimum absolute atomic E-state index is 0.1000. The number of rotatable bonds is 8. The Kier molecular flexibility index (Phi) is 6.49. The van der Waals surface area contributed by atoms with Crippen LogP contribution >= 0.6 is 23.1 Å². The van der Waals surface area contributed by atoms with E-state index in [1.54, 1.807) is 11.3 Å². The maximum Gasteiger partial charge on any atom is 0.313 e. The molecule has 0 saturated heterocycles. The Bertz CT molecular complexity index is 326. The predicted octanol–water partition coefficient (Wildman–Crippen LogP) is 3.44. The SMILES string of the molecule is CCCCCCc1csc(SCC(=O)O)n1. The van der Waals surface area contributed by atoms with Crippen LogP contribution in [0.15, 0.2) is 9.72 Å². The van der Waals surface area contributed by atoms with Crippen molar-refractivity contribution in [1.29, 1.82) is 0 Å². The van der Waals surface area contributed by atoms with Gasteiger partial charge in [0.15, 0.2) is 4.34 Å². The number of unbranched alkanes of at least 4 members (excludes halogenated alkanes) is 3. The summed E-state index contributed by atoms with van der Waals surface area (Å²) in [5, 5.41) is 10.6. The first-order chi connectivity index (χ1) is 7.72. The highest BCUT2D eigenvalue weighted by atomic mass is 32.2. The fraction of sp³-hybridized carbons (Fsp3) is 0.636. The van der Waals surface area contributed by atoms with Crippen molar-refractivity contribution in [3.8, 4) is 0 Å². The Morgan fingerprint density at radius 3 is 3.00 bits per heavy atom. The van der Waals surface area contributed by atoms with E-state index in [1.165, 1.54) is 37.4 Å². The van der Waals surface area contributed by atoms with Crippen molar-refractivity contribution < 1.29 is 9.90 Å². The molecule has 16 heavy (non-hydrogen) atoms. The molecule has 0 unspecified atom stereocenters. The van der Waals surface area contributed by atoms with Crippen LogP contribution in [0, 0.1) is 0 Å². The molecule has 5 heteroatoms. The van der Waals surface area contributed by atoms with E-state index >= 15 is 0 Å². The van der Waals surface area contributed by atoms with Gasteiger partial charge in [-0.25, -0.2) is 4.98 Å². The fourth-order valence-electron chi connectivity index (χ4n) is 1.33. The summed E-state index contributed by atoms with van der Waals surface area (Å²) in [5.41, 5.74) is 1.11. The number of carboxylic acid groups (broad SMARTS) is 1. The van der Waals surface area contributed by atoms with E-state index in [9.17, 15) is 4.79 Å². The van der Waals surface area contributed by atoms with Gasteiger partial charge in [-0.2, -0.15) is 0 Å². The van der Waals surface area contributed by atoms with Crippen molar-refractivity contribution >= 4 is 29.1 Å². The molecule has 0 fully saturated rings. The summed E-state index contributed by atoms with van der Waals surface area (Å²) in [5.74, 6) is -0.687. The lowest BCUT2D eigenvalue weighted by Gasteiger charge is -1.96. The van der Waals surface area contributed by atoms with Crippen LogP contribution in [-0.4, -0.2) is 21.8 Å². The number of carbonyl (C=O) groups is 1. The Morgan fingerprint density at radius 1 is 1.50 bits per heavy atom. The summed E-state index contributed by atoms with van der Waals surface area (Å²) < 4.78 is 0.868. The molecular weight excluding hydrogens is 242 g/mol. The number of thioether (sulfide) groups is 1. The van der Waals surface area contributed by atoms with E-state index in [2.05, 4.69) is 11.9 Å². The first-order valence-electron chi connectivity index (χ1n) is 5.51. The smallest absolute Gasteiger partial charge is 0.313 e. The molecule has 0 amide bonds. The maximum absolute atomic E-state index is 10.4. The molecule has 0 atom stereocenters. The van der Waals surface area contributed by atoms with Gasteiger partial charge in [0.1, 0.15) is 0 Å². The zero-order valence-electron chi connectivity index (χ0n) is 9.44. The summed E-state index contributed by atoms with van der Waals surface area (Å²) in [7, 11) is 0. The van der Waals surface area contributed by atoms with Gasteiger partial charge in [-0.15, -0.1) is 11.3 Å². The molecule has 0 saturated carbocycles. The molecule has 0 aliphatic carbocycles. The van der Waals surface area contributed by atoms with E-state index < -0.39 is 5.97 Å². The Labute approximate surface area is 104 Å². The molecule has 0 spiro atoms. The van der Waals surface area contributed by atoms with Gasteiger partial charge >= 0.3 is 5.97 Å². The summed E-state index contributed by atoms with van der Waals surface area (Å²) in [4.78, 5) is 14.8. The number of aliphatic carboxylic acids is 1. The quantitative estimate of drug-likeness (QED) is 0.574. The molecule has 0 aliphatic rings. The van der Waals surface area contributed by atoms with E-state index in [4.69, 9.17) is 5.11 Å². The minimum atomic E-state index is -0.787. The Hall–Kier alpha value is -0.550. The highest BCUT2D eigenvalue weighted by Crippen LogP contribution is 2.23. The number of hydrogen-bond acceptors (Lipinski definition) is 4. The molecule has 1 rings (SSSR count). The van der Waals surface area contributed by atoms with Crippen LogP contribution in [0.3, 0.4) is 0 Å². The van der Waals surface area contributed by atoms with Crippen LogP contribution in [0.5, 0.6) is 0 Å². The molecule has 1 aromatic rings. The van der Waals surface area contributed by atoms with Crippen molar-refractivity contribution in [3.63, 3.8) is 0 Å². The lowest BCUT2D eigenvalue weighted by Crippen LogP contribution is -1.97. The van der Waals surface area contributed by atoms with Crippen molar-refractivity contribution in [2.75, 3.05) is 5.75 Å². The second-order valence-corrected chi connectivity index (χ2v) is 5.68. The van der Waals surface area contributed by atoms with Gasteiger partial charge in [0.2, 0.25) is 0 Å². The molecule has 1 aromatic heterocycles. The minimum Gasteiger partial charge on any atom is -0.481 e. The average molecular weight is 259 g/mol. The van der Waals surface area contributed by atoms with Gasteiger partial charge in [0.25, 0.3) is 0 Å². The summed E-state index contributed by atoms with van der Waals surface area (Å²) in [6.07, 6.45) is 5.98. The third kappa shape index (κ3) is 5.51. The summed E-state index contributed by atoms with van der Waals surface area (Å²) >= 11 is 2.84. The first-order valence-corrected chi connectivity index (χ1v) is 7.38. The number of carboxylic acids is 1. The third-order valence-electron chi connectivity index (χ3n) is 2.14. The van der Waals surface area contributed by atoms with Crippen molar-refractivity contribution in [1.82, 2.24) is 4.98 Å². The van der Waals surface area contributed by atoms with Crippen LogP contribution in [0.1, 0.15) is 38.3 Å². The first kappa shape index (κ1) is 13.5. The molecular formula is C11H17NO2S2. The maximum atomic E-state index is 10.4. The van der Waals surface area contributed by atoms with Crippen molar-refractivity contribution in [2.45, 2.75) is 43.4 Å². The highest BCUT2D eigenvalue weighted by Gasteiger charge is 2.05. The topological polar surface area (TPSA) is 50.2 Å². The number of thiazole rings is 1. The van der Waals surface area contributed by atoms with E-state index in [1.807, 2.05) is 5.38 Å². The van der Waals surface area contributed by atoms with Gasteiger partial charge < -0.3 is 5.11 Å². The van der Waals surface area contributed by atoms with Gasteiger partial charge in [-0.3, -0.25) is 4.79 Å². The second-order valence-electron chi connectivity index (χ2n) is 3.60. The van der Waals surface area contributed by atoms with E-state index in [-0.39, 0.29) is 5.75 Å². The van der Waals surface area contributed by atoms with Crippen molar-refractivity contribution in [2.24, 2.45) is 0 Å². The molecule has 0 bridgehead atoms. The number of hydrogen-bond donors (Lipinski definition) is 1. The largest absolute Gasteiger partial charge is 0.481 e. The molecule has 1 N–H and O–H groups in total. The predicted molar refractivity (Wildman–Crippen MR) is 68.3 cm³/mol. The Morgan fingerprint density at radius 2 is 2.31 bits per heavy atom. The molecule has 0 radical (unpaired) electrons. The van der Waals surface area contributed by atoms with E-state index in [0.29, 0.717) is 0 Å². The van der Waals surface area contributed by atoms with Crippen LogP contribution in [0.25, 0.3) is 0 Å². The monoisotopic (exact) mass is 259 g/mol. The van der Waals surface area contributed by atoms with Crippen LogP contribution in [-0.2, 0) is 11.2 Å². The molecule has 0 aliphatic heterocycles.